The number of nitrogens with zero attached hydrogens (tertiary/aromatic N) is 2. The molecule has 0 bridgehead atoms. The first kappa shape index (κ1) is 14.3. The highest BCUT2D eigenvalue weighted by atomic mass is 16.3. The largest absolute Gasteiger partial charge is 0.396 e. The highest BCUT2D eigenvalue weighted by Gasteiger charge is 2.36. The van der Waals surface area contributed by atoms with Gasteiger partial charge in [0.1, 0.15) is 0 Å². The van der Waals surface area contributed by atoms with E-state index in [4.69, 9.17) is 5.11 Å². The third kappa shape index (κ3) is 3.08. The summed E-state index contributed by atoms with van der Waals surface area (Å²) in [7, 11) is 0. The molecule has 2 fully saturated rings. The number of likely N-dealkylation sites (tertiary alicyclic amines) is 2. The molecule has 0 unspecified atom stereocenters. The van der Waals surface area contributed by atoms with Crippen LogP contribution in [0.2, 0.25) is 0 Å². The predicted molar refractivity (Wildman–Crippen MR) is 71.3 cm³/mol. The fourth-order valence-electron chi connectivity index (χ4n) is 2.84. The number of hydrogen-bond acceptors (Lipinski definition) is 3. The van der Waals surface area contributed by atoms with Gasteiger partial charge in [0.05, 0.1) is 0 Å². The molecule has 1 N–H and O–H groups in total. The SMILES string of the molecule is CC(C)C(=O)N1CCC(C(=O)N2CC(CO)C2)CC1. The molecule has 2 rings (SSSR count). The molecule has 5 nitrogen and oxygen atoms in total. The Balaban J connectivity index is 1.77. The second kappa shape index (κ2) is 5.90. The minimum Gasteiger partial charge on any atom is -0.396 e. The minimum atomic E-state index is 0.0351. The van der Waals surface area contributed by atoms with Gasteiger partial charge in [-0.3, -0.25) is 9.59 Å². The maximum Gasteiger partial charge on any atom is 0.225 e. The summed E-state index contributed by atoms with van der Waals surface area (Å²) in [6.07, 6.45) is 1.55. The van der Waals surface area contributed by atoms with Gasteiger partial charge in [-0.05, 0) is 12.8 Å². The molecule has 2 aliphatic rings. The molecule has 5 heteroatoms. The number of rotatable bonds is 3. The van der Waals surface area contributed by atoms with E-state index >= 15 is 0 Å². The van der Waals surface area contributed by atoms with Crippen molar-refractivity contribution in [1.82, 2.24) is 9.80 Å². The summed E-state index contributed by atoms with van der Waals surface area (Å²) in [6, 6.07) is 0. The fraction of sp³-hybridized carbons (Fsp3) is 0.857. The van der Waals surface area contributed by atoms with Gasteiger partial charge in [0.25, 0.3) is 0 Å². The number of piperidine rings is 1. The molecule has 2 aliphatic heterocycles. The zero-order valence-corrected chi connectivity index (χ0v) is 11.8. The van der Waals surface area contributed by atoms with Crippen molar-refractivity contribution < 1.29 is 14.7 Å². The molecule has 2 amide bonds. The van der Waals surface area contributed by atoms with E-state index in [1.807, 2.05) is 23.6 Å². The smallest absolute Gasteiger partial charge is 0.225 e. The van der Waals surface area contributed by atoms with Crippen molar-refractivity contribution in [3.05, 3.63) is 0 Å². The monoisotopic (exact) mass is 268 g/mol. The van der Waals surface area contributed by atoms with Gasteiger partial charge in [0.15, 0.2) is 0 Å². The number of carbonyl (C=O) groups excluding carboxylic acids is 2. The topological polar surface area (TPSA) is 60.9 Å². The summed E-state index contributed by atoms with van der Waals surface area (Å²) >= 11 is 0. The van der Waals surface area contributed by atoms with E-state index < -0.39 is 0 Å². The highest BCUT2D eigenvalue weighted by molar-refractivity contribution is 5.81. The quantitative estimate of drug-likeness (QED) is 0.802. The maximum atomic E-state index is 12.2. The molecule has 0 aromatic heterocycles. The van der Waals surface area contributed by atoms with Gasteiger partial charge < -0.3 is 14.9 Å². The van der Waals surface area contributed by atoms with Crippen LogP contribution in [0.5, 0.6) is 0 Å². The van der Waals surface area contributed by atoms with Crippen molar-refractivity contribution in [2.75, 3.05) is 32.8 Å². The van der Waals surface area contributed by atoms with Gasteiger partial charge in [0.2, 0.25) is 11.8 Å². The Bertz CT molecular complexity index is 343. The van der Waals surface area contributed by atoms with E-state index in [-0.39, 0.29) is 36.2 Å². The van der Waals surface area contributed by atoms with Crippen LogP contribution >= 0.6 is 0 Å². The van der Waals surface area contributed by atoms with E-state index in [0.29, 0.717) is 26.2 Å². The molecule has 0 saturated carbocycles. The molecule has 2 saturated heterocycles. The van der Waals surface area contributed by atoms with E-state index in [9.17, 15) is 9.59 Å². The van der Waals surface area contributed by atoms with Gasteiger partial charge in [0, 0.05) is 50.5 Å². The third-order valence-electron chi connectivity index (χ3n) is 4.18. The molecule has 0 aliphatic carbocycles. The lowest BCUT2D eigenvalue weighted by atomic mass is 9.91. The average molecular weight is 268 g/mol. The predicted octanol–water partition coefficient (Wildman–Crippen LogP) is 0.332. The molecule has 0 radical (unpaired) electrons. The number of carbonyl (C=O) groups is 2. The van der Waals surface area contributed by atoms with Gasteiger partial charge >= 0.3 is 0 Å². The van der Waals surface area contributed by atoms with Crippen molar-refractivity contribution in [3.8, 4) is 0 Å². The summed E-state index contributed by atoms with van der Waals surface area (Å²) in [5, 5.41) is 8.96. The number of hydrogen-bond donors (Lipinski definition) is 1. The van der Waals surface area contributed by atoms with Crippen LogP contribution in [-0.4, -0.2) is 59.5 Å². The van der Waals surface area contributed by atoms with Crippen molar-refractivity contribution in [1.29, 1.82) is 0 Å². The molecule has 0 aromatic rings. The van der Waals surface area contributed by atoms with Crippen LogP contribution < -0.4 is 0 Å². The maximum absolute atomic E-state index is 12.2. The first-order valence-electron chi connectivity index (χ1n) is 7.21. The second-order valence-corrected chi connectivity index (χ2v) is 6.05. The lowest BCUT2D eigenvalue weighted by Gasteiger charge is -2.42. The molecule has 0 aromatic carbocycles. The van der Waals surface area contributed by atoms with E-state index in [2.05, 4.69) is 0 Å². The Morgan fingerprint density at radius 1 is 1.16 bits per heavy atom. The van der Waals surface area contributed by atoms with E-state index in [1.54, 1.807) is 0 Å². The molecule has 0 spiro atoms. The summed E-state index contributed by atoms with van der Waals surface area (Å²) in [5.41, 5.74) is 0. The summed E-state index contributed by atoms with van der Waals surface area (Å²) < 4.78 is 0. The third-order valence-corrected chi connectivity index (χ3v) is 4.18. The zero-order chi connectivity index (χ0) is 14.0. The Morgan fingerprint density at radius 3 is 2.21 bits per heavy atom. The first-order valence-corrected chi connectivity index (χ1v) is 7.21. The molecule has 0 atom stereocenters. The van der Waals surface area contributed by atoms with Gasteiger partial charge in [-0.1, -0.05) is 13.8 Å². The van der Waals surface area contributed by atoms with Gasteiger partial charge in [-0.2, -0.15) is 0 Å². The van der Waals surface area contributed by atoms with Crippen LogP contribution in [0.4, 0.5) is 0 Å². The van der Waals surface area contributed by atoms with Crippen molar-refractivity contribution in [3.63, 3.8) is 0 Å². The standard InChI is InChI=1S/C14H24N2O3/c1-10(2)13(18)15-5-3-12(4-6-15)14(19)16-7-11(8-16)9-17/h10-12,17H,3-9H2,1-2H3. The number of aliphatic hydroxyl groups is 1. The Morgan fingerprint density at radius 2 is 1.74 bits per heavy atom. The number of aliphatic hydroxyl groups excluding tert-OH is 1. The Hall–Kier alpha value is -1.10. The van der Waals surface area contributed by atoms with E-state index in [0.717, 1.165) is 12.8 Å². The van der Waals surface area contributed by atoms with Crippen molar-refractivity contribution in [2.24, 2.45) is 17.8 Å². The van der Waals surface area contributed by atoms with Crippen LogP contribution in [0.25, 0.3) is 0 Å². The lowest BCUT2D eigenvalue weighted by Crippen LogP contribution is -2.54. The summed E-state index contributed by atoms with van der Waals surface area (Å²) in [6.45, 7) is 6.78. The minimum absolute atomic E-state index is 0.0351. The van der Waals surface area contributed by atoms with Crippen LogP contribution in [0.3, 0.4) is 0 Å². The summed E-state index contributed by atoms with van der Waals surface area (Å²) in [5.74, 6) is 0.770. The molecular formula is C14H24N2O3. The normalized spacial score (nSPS) is 21.7. The van der Waals surface area contributed by atoms with Crippen LogP contribution in [0, 0.1) is 17.8 Å². The first-order chi connectivity index (χ1) is 9.02. The van der Waals surface area contributed by atoms with Gasteiger partial charge in [-0.15, -0.1) is 0 Å². The average Bonchev–Trinajstić information content (AvgIpc) is 2.36. The zero-order valence-electron chi connectivity index (χ0n) is 11.8. The van der Waals surface area contributed by atoms with Gasteiger partial charge in [-0.25, -0.2) is 0 Å². The molecular weight excluding hydrogens is 244 g/mol. The fourth-order valence-corrected chi connectivity index (χ4v) is 2.84. The Labute approximate surface area is 114 Å². The van der Waals surface area contributed by atoms with Crippen molar-refractivity contribution in [2.45, 2.75) is 26.7 Å². The number of amides is 2. The van der Waals surface area contributed by atoms with Crippen LogP contribution in [-0.2, 0) is 9.59 Å². The van der Waals surface area contributed by atoms with Crippen LogP contribution in [0.15, 0.2) is 0 Å². The molecule has 2 heterocycles. The van der Waals surface area contributed by atoms with Crippen LogP contribution in [0.1, 0.15) is 26.7 Å². The van der Waals surface area contributed by atoms with Crippen molar-refractivity contribution >= 4 is 11.8 Å². The summed E-state index contributed by atoms with van der Waals surface area (Å²) in [4.78, 5) is 27.8. The second-order valence-electron chi connectivity index (χ2n) is 6.05. The molecule has 19 heavy (non-hydrogen) atoms. The molecule has 108 valence electrons. The lowest BCUT2D eigenvalue weighted by molar-refractivity contribution is -0.147. The Kier molecular flexibility index (Phi) is 4.45. The van der Waals surface area contributed by atoms with E-state index in [1.165, 1.54) is 0 Å². The highest BCUT2D eigenvalue weighted by Crippen LogP contribution is 2.24.